The lowest BCUT2D eigenvalue weighted by atomic mass is 9.98. The Morgan fingerprint density at radius 1 is 1.07 bits per heavy atom. The second kappa shape index (κ2) is 14.3. The van der Waals surface area contributed by atoms with Gasteiger partial charge in [0, 0.05) is 23.3 Å². The molecule has 4 rings (SSSR count). The molecule has 0 saturated carbocycles. The Balaban J connectivity index is 1.17. The van der Waals surface area contributed by atoms with Gasteiger partial charge in [-0.3, -0.25) is 9.55 Å². The van der Waals surface area contributed by atoms with E-state index in [1.165, 1.54) is 0 Å². The molecule has 1 fully saturated rings. The highest BCUT2D eigenvalue weighted by molar-refractivity contribution is 7.99. The van der Waals surface area contributed by atoms with Crippen molar-refractivity contribution in [2.45, 2.75) is 60.4 Å². The summed E-state index contributed by atoms with van der Waals surface area (Å²) in [5.41, 5.74) is 1.25. The molecule has 0 unspecified atom stereocenters. The number of aliphatic hydroxyl groups is 3. The number of anilines is 1. The van der Waals surface area contributed by atoms with Crippen molar-refractivity contribution in [1.82, 2.24) is 25.3 Å². The van der Waals surface area contributed by atoms with Crippen molar-refractivity contribution in [3.05, 3.63) is 60.7 Å². The topological polar surface area (TPSA) is 212 Å². The standard InChI is InChI=1S/C25H33N6O8PS/c32-21-20(10-13-40(36,37)38)39-24(23(34)22(21)33)41-19-8-6-16(7-9-19)28-25(35)27-12-2-1-4-17-15-31(30-29-17)18-5-3-11-26-14-18/h3,5-9,11,14-15,20-24,32-34H,1-2,4,10,12-13H2,(H2,27,28,35)(H2,36,37,38)/t20-,21-,22+,23+,24+/m1/s1. The zero-order valence-electron chi connectivity index (χ0n) is 21.9. The minimum Gasteiger partial charge on any atom is -0.388 e. The number of pyridine rings is 1. The number of nitrogens with zero attached hydrogens (tertiary/aromatic N) is 4. The third kappa shape index (κ3) is 9.31. The maximum Gasteiger partial charge on any atom is 0.325 e. The zero-order valence-corrected chi connectivity index (χ0v) is 23.6. The van der Waals surface area contributed by atoms with Crippen LogP contribution in [0.2, 0.25) is 0 Å². The molecule has 1 aliphatic heterocycles. The van der Waals surface area contributed by atoms with Gasteiger partial charge in [0.05, 0.1) is 36.0 Å². The van der Waals surface area contributed by atoms with Crippen LogP contribution >= 0.6 is 19.4 Å². The van der Waals surface area contributed by atoms with E-state index < -0.39 is 43.6 Å². The Bertz CT molecular complexity index is 1310. The quantitative estimate of drug-likeness (QED) is 0.114. The lowest BCUT2D eigenvalue weighted by Crippen LogP contribution is -2.56. The summed E-state index contributed by atoms with van der Waals surface area (Å²) in [7, 11) is -4.32. The smallest absolute Gasteiger partial charge is 0.325 e. The number of urea groups is 1. The number of ether oxygens (including phenoxy) is 1. The first-order chi connectivity index (χ1) is 19.6. The Morgan fingerprint density at radius 2 is 1.85 bits per heavy atom. The average molecular weight is 609 g/mol. The molecular formula is C25H33N6O8PS. The minimum atomic E-state index is -4.32. The summed E-state index contributed by atoms with van der Waals surface area (Å²) in [5.74, 6) is 0. The molecule has 1 aliphatic rings. The molecule has 41 heavy (non-hydrogen) atoms. The van der Waals surface area contributed by atoms with E-state index in [9.17, 15) is 24.7 Å². The molecule has 3 aromatic rings. The van der Waals surface area contributed by atoms with Crippen molar-refractivity contribution < 1.29 is 39.2 Å². The molecule has 0 radical (unpaired) electrons. The average Bonchev–Trinajstić information content (AvgIpc) is 3.42. The molecule has 2 amide bonds. The maximum absolute atomic E-state index is 12.3. The number of thioether (sulfide) groups is 1. The van der Waals surface area contributed by atoms with Crippen molar-refractivity contribution >= 4 is 31.1 Å². The van der Waals surface area contributed by atoms with Gasteiger partial charge in [-0.2, -0.15) is 0 Å². The molecule has 1 saturated heterocycles. The van der Waals surface area contributed by atoms with Gasteiger partial charge in [-0.25, -0.2) is 9.48 Å². The van der Waals surface area contributed by atoms with E-state index in [2.05, 4.69) is 25.9 Å². The van der Waals surface area contributed by atoms with Crippen LogP contribution in [0.25, 0.3) is 5.69 Å². The highest BCUT2D eigenvalue weighted by Gasteiger charge is 2.44. The van der Waals surface area contributed by atoms with Crippen molar-refractivity contribution in [1.29, 1.82) is 0 Å². The predicted octanol–water partition coefficient (Wildman–Crippen LogP) is 1.27. The van der Waals surface area contributed by atoms with Gasteiger partial charge < -0.3 is 40.5 Å². The monoisotopic (exact) mass is 608 g/mol. The molecule has 7 N–H and O–H groups in total. The van der Waals surface area contributed by atoms with Crippen LogP contribution in [0.4, 0.5) is 10.5 Å². The van der Waals surface area contributed by atoms with Gasteiger partial charge in [-0.15, -0.1) is 5.10 Å². The van der Waals surface area contributed by atoms with Crippen LogP contribution in [0, 0.1) is 0 Å². The van der Waals surface area contributed by atoms with Gasteiger partial charge in [-0.05, 0) is 62.1 Å². The molecule has 14 nitrogen and oxygen atoms in total. The number of aryl methyl sites for hydroxylation is 1. The molecule has 16 heteroatoms. The van der Waals surface area contributed by atoms with Crippen LogP contribution in [-0.4, -0.2) is 93.7 Å². The number of hydrogen-bond donors (Lipinski definition) is 7. The van der Waals surface area contributed by atoms with Crippen LogP contribution in [0.3, 0.4) is 0 Å². The fourth-order valence-corrected chi connectivity index (χ4v) is 5.79. The first-order valence-corrected chi connectivity index (χ1v) is 15.6. The van der Waals surface area contributed by atoms with Crippen LogP contribution in [0.1, 0.15) is 25.0 Å². The van der Waals surface area contributed by atoms with Crippen molar-refractivity contribution in [2.24, 2.45) is 0 Å². The molecule has 0 spiro atoms. The summed E-state index contributed by atoms with van der Waals surface area (Å²) >= 11 is 1.08. The Hall–Kier alpha value is -2.88. The van der Waals surface area contributed by atoms with Gasteiger partial charge in [0.25, 0.3) is 0 Å². The molecule has 5 atom stereocenters. The maximum atomic E-state index is 12.3. The SMILES string of the molecule is O=C(NCCCCc1cn(-c2cccnc2)nn1)Nc1ccc(S[C@@H]2O[C@H](CCP(=O)(O)O)[C@@H](O)[C@H](O)[C@@H]2O)cc1. The highest BCUT2D eigenvalue weighted by atomic mass is 32.2. The van der Waals surface area contributed by atoms with Crippen molar-refractivity contribution in [3.63, 3.8) is 0 Å². The molecule has 0 bridgehead atoms. The number of unbranched alkanes of at least 4 members (excludes halogenated alkanes) is 1. The minimum absolute atomic E-state index is 0.182. The molecule has 2 aromatic heterocycles. The van der Waals surface area contributed by atoms with Crippen LogP contribution < -0.4 is 10.6 Å². The lowest BCUT2D eigenvalue weighted by molar-refractivity contribution is -0.197. The van der Waals surface area contributed by atoms with E-state index in [4.69, 9.17) is 14.5 Å². The van der Waals surface area contributed by atoms with Gasteiger partial charge in [0.15, 0.2) is 0 Å². The summed E-state index contributed by atoms with van der Waals surface area (Å²) in [6, 6.07) is 10.1. The van der Waals surface area contributed by atoms with E-state index in [-0.39, 0.29) is 12.5 Å². The van der Waals surface area contributed by atoms with Crippen LogP contribution in [0.15, 0.2) is 59.9 Å². The van der Waals surface area contributed by atoms with Crippen LogP contribution in [-0.2, 0) is 15.7 Å². The number of amides is 2. The Kier molecular flexibility index (Phi) is 10.9. The normalized spacial score (nSPS) is 22.8. The highest BCUT2D eigenvalue weighted by Crippen LogP contribution is 2.39. The summed E-state index contributed by atoms with van der Waals surface area (Å²) in [6.45, 7) is 0.477. The van der Waals surface area contributed by atoms with Gasteiger partial charge >= 0.3 is 13.6 Å². The third-order valence-electron chi connectivity index (χ3n) is 6.33. The number of benzene rings is 1. The number of nitrogens with one attached hydrogen (secondary N) is 2. The number of hydrogen-bond acceptors (Lipinski definition) is 10. The third-order valence-corrected chi connectivity index (χ3v) is 8.34. The van der Waals surface area contributed by atoms with Crippen molar-refractivity contribution in [3.8, 4) is 5.69 Å². The fraction of sp³-hybridized carbons (Fsp3) is 0.440. The Labute approximate surface area is 240 Å². The number of rotatable bonds is 12. The molecular weight excluding hydrogens is 575 g/mol. The molecule has 0 aliphatic carbocycles. The van der Waals surface area contributed by atoms with Gasteiger partial charge in [-0.1, -0.05) is 17.0 Å². The zero-order chi connectivity index (χ0) is 29.4. The molecule has 3 heterocycles. The fourth-order valence-electron chi connectivity index (χ4n) is 4.14. The van der Waals surface area contributed by atoms with Crippen molar-refractivity contribution in [2.75, 3.05) is 18.0 Å². The van der Waals surface area contributed by atoms with E-state index in [0.717, 1.165) is 42.4 Å². The van der Waals surface area contributed by atoms with Crippen LogP contribution in [0.5, 0.6) is 0 Å². The van der Waals surface area contributed by atoms with E-state index in [1.807, 2.05) is 18.3 Å². The first-order valence-electron chi connectivity index (χ1n) is 13.0. The summed E-state index contributed by atoms with van der Waals surface area (Å²) in [5, 5.41) is 44.5. The summed E-state index contributed by atoms with van der Waals surface area (Å²) < 4.78 is 18.5. The number of carbonyl (C=O) groups excluding carboxylic acids is 1. The van der Waals surface area contributed by atoms with Gasteiger partial charge in [0.1, 0.15) is 23.7 Å². The second-order valence-electron chi connectivity index (χ2n) is 9.54. The lowest BCUT2D eigenvalue weighted by Gasteiger charge is -2.40. The number of carbonyl (C=O) groups is 1. The van der Waals surface area contributed by atoms with E-state index >= 15 is 0 Å². The molecule has 222 valence electrons. The van der Waals surface area contributed by atoms with E-state index in [1.54, 1.807) is 41.3 Å². The second-order valence-corrected chi connectivity index (χ2v) is 12.5. The first kappa shape index (κ1) is 31.1. The summed E-state index contributed by atoms with van der Waals surface area (Å²) in [6.07, 6.45) is 1.36. The number of aromatic nitrogens is 4. The van der Waals surface area contributed by atoms with Gasteiger partial charge in [0.2, 0.25) is 0 Å². The number of aliphatic hydroxyl groups excluding tert-OH is 3. The molecule has 1 aromatic carbocycles. The largest absolute Gasteiger partial charge is 0.388 e. The summed E-state index contributed by atoms with van der Waals surface area (Å²) in [4.78, 5) is 35.2. The predicted molar refractivity (Wildman–Crippen MR) is 150 cm³/mol. The van der Waals surface area contributed by atoms with E-state index in [0.29, 0.717) is 17.1 Å². The Morgan fingerprint density at radius 3 is 2.56 bits per heavy atom.